The average molecular weight is 228 g/mol. The van der Waals surface area contributed by atoms with Crippen LogP contribution in [0.1, 0.15) is 23.3 Å². The number of H-pyrrole nitrogens is 1. The van der Waals surface area contributed by atoms with E-state index in [1.807, 2.05) is 29.2 Å². The lowest BCUT2D eigenvalue weighted by atomic mass is 10.1. The standard InChI is InChI=1S/C13H14N3O/c17-13(16-8-4-1-5-9-16)12-10-6-2-3-7-11(10)14-15-12/h1-3,6-7H,4-5,8-9H2,(H,14,15). The number of benzene rings is 1. The minimum absolute atomic E-state index is 0.0375. The molecule has 1 aliphatic heterocycles. The summed E-state index contributed by atoms with van der Waals surface area (Å²) < 4.78 is 0. The summed E-state index contributed by atoms with van der Waals surface area (Å²) in [6, 6.07) is 7.73. The maximum absolute atomic E-state index is 12.3. The Balaban J connectivity index is 1.95. The van der Waals surface area contributed by atoms with Gasteiger partial charge in [-0.2, -0.15) is 5.10 Å². The van der Waals surface area contributed by atoms with Crippen LogP contribution in [0, 0.1) is 6.42 Å². The van der Waals surface area contributed by atoms with E-state index >= 15 is 0 Å². The smallest absolute Gasteiger partial charge is 0.274 e. The summed E-state index contributed by atoms with van der Waals surface area (Å²) in [4.78, 5) is 14.2. The van der Waals surface area contributed by atoms with Crippen molar-refractivity contribution in [3.8, 4) is 0 Å². The number of aromatic nitrogens is 2. The van der Waals surface area contributed by atoms with Gasteiger partial charge in [-0.05, 0) is 25.3 Å². The molecule has 4 nitrogen and oxygen atoms in total. The van der Waals surface area contributed by atoms with Crippen LogP contribution in [0.15, 0.2) is 24.3 Å². The van der Waals surface area contributed by atoms with Crippen molar-refractivity contribution >= 4 is 16.8 Å². The number of likely N-dealkylation sites (tertiary alicyclic amines) is 1. The largest absolute Gasteiger partial charge is 0.337 e. The molecule has 1 saturated heterocycles. The van der Waals surface area contributed by atoms with Gasteiger partial charge in [0.15, 0.2) is 5.69 Å². The molecule has 0 aliphatic carbocycles. The minimum atomic E-state index is 0.0375. The molecule has 17 heavy (non-hydrogen) atoms. The van der Waals surface area contributed by atoms with E-state index in [4.69, 9.17) is 0 Å². The highest BCUT2D eigenvalue weighted by molar-refractivity contribution is 6.04. The Morgan fingerprint density at radius 1 is 1.24 bits per heavy atom. The molecular formula is C13H14N3O. The first-order chi connectivity index (χ1) is 8.36. The summed E-state index contributed by atoms with van der Waals surface area (Å²) in [6.07, 6.45) is 4.19. The molecule has 2 heterocycles. The van der Waals surface area contributed by atoms with Crippen molar-refractivity contribution in [1.82, 2.24) is 15.1 Å². The first-order valence-electron chi connectivity index (χ1n) is 5.90. The second-order valence-electron chi connectivity index (χ2n) is 4.28. The first kappa shape index (κ1) is 10.3. The number of nitrogens with one attached hydrogen (secondary N) is 1. The van der Waals surface area contributed by atoms with Gasteiger partial charge in [0, 0.05) is 18.5 Å². The van der Waals surface area contributed by atoms with E-state index in [1.165, 1.54) is 0 Å². The molecule has 0 spiro atoms. The van der Waals surface area contributed by atoms with E-state index in [0.717, 1.165) is 36.8 Å². The lowest BCUT2D eigenvalue weighted by molar-refractivity contribution is 0.0738. The predicted molar refractivity (Wildman–Crippen MR) is 65.5 cm³/mol. The molecule has 0 unspecified atom stereocenters. The molecule has 1 aliphatic rings. The van der Waals surface area contributed by atoms with Crippen LogP contribution in [0.4, 0.5) is 0 Å². The number of carbonyl (C=O) groups is 1. The van der Waals surface area contributed by atoms with Crippen LogP contribution in [0.2, 0.25) is 0 Å². The van der Waals surface area contributed by atoms with Crippen LogP contribution in [-0.2, 0) is 0 Å². The fraction of sp³-hybridized carbons (Fsp3) is 0.308. The van der Waals surface area contributed by atoms with Crippen molar-refractivity contribution < 1.29 is 4.79 Å². The third-order valence-electron chi connectivity index (χ3n) is 3.17. The predicted octanol–water partition coefficient (Wildman–Crippen LogP) is 2.00. The van der Waals surface area contributed by atoms with Gasteiger partial charge in [0.2, 0.25) is 0 Å². The number of fused-ring (bicyclic) bond motifs is 1. The molecular weight excluding hydrogens is 214 g/mol. The number of carbonyl (C=O) groups excluding carboxylic acids is 1. The normalized spacial score (nSPS) is 16.4. The molecule has 1 radical (unpaired) electrons. The maximum atomic E-state index is 12.3. The van der Waals surface area contributed by atoms with Crippen LogP contribution in [0.5, 0.6) is 0 Å². The van der Waals surface area contributed by atoms with E-state index in [2.05, 4.69) is 16.6 Å². The van der Waals surface area contributed by atoms with Crippen molar-refractivity contribution in [2.24, 2.45) is 0 Å². The molecule has 87 valence electrons. The monoisotopic (exact) mass is 228 g/mol. The fourth-order valence-corrected chi connectivity index (χ4v) is 2.23. The van der Waals surface area contributed by atoms with Crippen molar-refractivity contribution in [3.05, 3.63) is 36.4 Å². The highest BCUT2D eigenvalue weighted by atomic mass is 16.2. The van der Waals surface area contributed by atoms with Gasteiger partial charge >= 0.3 is 0 Å². The minimum Gasteiger partial charge on any atom is -0.337 e. The number of rotatable bonds is 1. The van der Waals surface area contributed by atoms with E-state index < -0.39 is 0 Å². The number of piperidine rings is 1. The van der Waals surface area contributed by atoms with Gasteiger partial charge in [-0.1, -0.05) is 18.2 Å². The number of para-hydroxylation sites is 1. The zero-order chi connectivity index (χ0) is 11.7. The van der Waals surface area contributed by atoms with E-state index in [9.17, 15) is 4.79 Å². The molecule has 1 aromatic carbocycles. The van der Waals surface area contributed by atoms with Crippen molar-refractivity contribution in [3.63, 3.8) is 0 Å². The molecule has 3 rings (SSSR count). The summed E-state index contributed by atoms with van der Waals surface area (Å²) in [5, 5.41) is 7.96. The van der Waals surface area contributed by atoms with Crippen LogP contribution in [0.3, 0.4) is 0 Å². The molecule has 4 heteroatoms. The van der Waals surface area contributed by atoms with Gasteiger partial charge in [-0.3, -0.25) is 9.89 Å². The maximum Gasteiger partial charge on any atom is 0.274 e. The van der Waals surface area contributed by atoms with Gasteiger partial charge < -0.3 is 4.90 Å². The first-order valence-corrected chi connectivity index (χ1v) is 5.90. The molecule has 1 fully saturated rings. The zero-order valence-electron chi connectivity index (χ0n) is 9.52. The van der Waals surface area contributed by atoms with Gasteiger partial charge in [0.25, 0.3) is 5.91 Å². The number of aromatic amines is 1. The summed E-state index contributed by atoms with van der Waals surface area (Å²) in [6.45, 7) is 1.61. The molecule has 0 bridgehead atoms. The number of nitrogens with zero attached hydrogens (tertiary/aromatic N) is 2. The highest BCUT2D eigenvalue weighted by Crippen LogP contribution is 2.18. The Morgan fingerprint density at radius 3 is 2.82 bits per heavy atom. The Morgan fingerprint density at radius 2 is 2.00 bits per heavy atom. The third-order valence-corrected chi connectivity index (χ3v) is 3.17. The molecule has 1 amide bonds. The van der Waals surface area contributed by atoms with Gasteiger partial charge in [-0.15, -0.1) is 0 Å². The molecule has 2 aromatic rings. The highest BCUT2D eigenvalue weighted by Gasteiger charge is 2.22. The number of hydrogen-bond acceptors (Lipinski definition) is 2. The summed E-state index contributed by atoms with van der Waals surface area (Å²) in [7, 11) is 0. The Bertz CT molecular complexity index is 540. The SMILES string of the molecule is O=C(c1n[nH]c2ccccc12)N1CC[CH]CC1. The van der Waals surface area contributed by atoms with Crippen LogP contribution < -0.4 is 0 Å². The number of amides is 1. The number of hydrogen-bond donors (Lipinski definition) is 1. The quantitative estimate of drug-likeness (QED) is 0.811. The van der Waals surface area contributed by atoms with Crippen LogP contribution in [0.25, 0.3) is 10.9 Å². The summed E-state index contributed by atoms with van der Waals surface area (Å²) in [5.74, 6) is 0.0375. The second kappa shape index (κ2) is 4.20. The second-order valence-corrected chi connectivity index (χ2v) is 4.28. The molecule has 0 atom stereocenters. The van der Waals surface area contributed by atoms with Crippen molar-refractivity contribution in [1.29, 1.82) is 0 Å². The van der Waals surface area contributed by atoms with Gasteiger partial charge in [0.1, 0.15) is 0 Å². The fourth-order valence-electron chi connectivity index (χ4n) is 2.23. The van der Waals surface area contributed by atoms with Crippen LogP contribution in [-0.4, -0.2) is 34.1 Å². The Kier molecular flexibility index (Phi) is 2.55. The van der Waals surface area contributed by atoms with Gasteiger partial charge in [0.05, 0.1) is 5.52 Å². The van der Waals surface area contributed by atoms with E-state index in [0.29, 0.717) is 5.69 Å². The average Bonchev–Trinajstić information content (AvgIpc) is 2.83. The van der Waals surface area contributed by atoms with E-state index in [-0.39, 0.29) is 5.91 Å². The van der Waals surface area contributed by atoms with Crippen molar-refractivity contribution in [2.75, 3.05) is 13.1 Å². The van der Waals surface area contributed by atoms with Crippen LogP contribution >= 0.6 is 0 Å². The zero-order valence-corrected chi connectivity index (χ0v) is 9.52. The van der Waals surface area contributed by atoms with Gasteiger partial charge in [-0.25, -0.2) is 0 Å². The summed E-state index contributed by atoms with van der Waals surface area (Å²) >= 11 is 0. The summed E-state index contributed by atoms with van der Waals surface area (Å²) in [5.41, 5.74) is 1.46. The molecule has 1 N–H and O–H groups in total. The lowest BCUT2D eigenvalue weighted by Crippen LogP contribution is -2.36. The molecule has 1 aromatic heterocycles. The topological polar surface area (TPSA) is 49.0 Å². The van der Waals surface area contributed by atoms with Crippen molar-refractivity contribution in [2.45, 2.75) is 12.8 Å². The van der Waals surface area contributed by atoms with E-state index in [1.54, 1.807) is 0 Å². The lowest BCUT2D eigenvalue weighted by Gasteiger charge is -2.25. The Hall–Kier alpha value is -1.84. The Labute approximate surface area is 99.6 Å². The third kappa shape index (κ3) is 1.79. The molecule has 0 saturated carbocycles.